The van der Waals surface area contributed by atoms with Crippen LogP contribution in [0, 0.1) is 0 Å². The number of allylic oxidation sites excluding steroid dienone is 2. The van der Waals surface area contributed by atoms with E-state index in [0.717, 1.165) is 6.54 Å². The molecule has 4 aromatic rings. The monoisotopic (exact) mass is 455 g/mol. The molecule has 0 radical (unpaired) electrons. The first kappa shape index (κ1) is 26.6. The minimum absolute atomic E-state index is 0.567. The summed E-state index contributed by atoms with van der Waals surface area (Å²) in [5, 5.41) is 11.8. The predicted octanol–water partition coefficient (Wildman–Crippen LogP) is 7.72. The van der Waals surface area contributed by atoms with E-state index in [-0.39, 0.29) is 0 Å². The number of aromatic nitrogens is 1. The topological polar surface area (TPSA) is 53.7 Å². The average Bonchev–Trinajstić information content (AvgIpc) is 3.27. The Balaban J connectivity index is 0.000000758. The Bertz CT molecular complexity index is 1220. The van der Waals surface area contributed by atoms with Gasteiger partial charge in [0.15, 0.2) is 0 Å². The van der Waals surface area contributed by atoms with Gasteiger partial charge in [0.25, 0.3) is 0 Å². The second kappa shape index (κ2) is 14.4. The molecule has 34 heavy (non-hydrogen) atoms. The lowest BCUT2D eigenvalue weighted by molar-refractivity contribution is 0.589. The summed E-state index contributed by atoms with van der Waals surface area (Å²) < 4.78 is 2.38. The van der Waals surface area contributed by atoms with Gasteiger partial charge in [0.05, 0.1) is 6.54 Å². The van der Waals surface area contributed by atoms with Crippen LogP contribution < -0.4 is 11.0 Å². The second-order valence-corrected chi connectivity index (χ2v) is 7.45. The number of hydrogen-bond donors (Lipinski definition) is 2. The third-order valence-electron chi connectivity index (χ3n) is 5.05. The minimum atomic E-state index is 0.567. The van der Waals surface area contributed by atoms with E-state index in [2.05, 4.69) is 118 Å². The van der Waals surface area contributed by atoms with Gasteiger partial charge in [0.1, 0.15) is 0 Å². The van der Waals surface area contributed by atoms with Gasteiger partial charge >= 0.3 is 0 Å². The van der Waals surface area contributed by atoms with E-state index < -0.39 is 0 Å². The molecule has 1 aromatic heterocycles. The van der Waals surface area contributed by atoms with E-state index in [1.165, 1.54) is 38.5 Å². The summed E-state index contributed by atoms with van der Waals surface area (Å²) in [6.07, 6.45) is 3.97. The maximum Gasteiger partial charge on any atom is 0.0829 e. The predicted molar refractivity (Wildman–Crippen MR) is 148 cm³/mol. The van der Waals surface area contributed by atoms with Crippen LogP contribution >= 0.6 is 0 Å². The number of hydrogen-bond acceptors (Lipinski definition) is 3. The van der Waals surface area contributed by atoms with E-state index >= 15 is 0 Å². The quantitative estimate of drug-likeness (QED) is 0.170. The van der Waals surface area contributed by atoms with Crippen molar-refractivity contribution in [2.75, 3.05) is 13.6 Å². The molecular weight excluding hydrogens is 418 g/mol. The highest BCUT2D eigenvalue weighted by molar-refractivity contribution is 6.08. The molecule has 0 amide bonds. The van der Waals surface area contributed by atoms with Crippen LogP contribution in [0.25, 0.3) is 32.9 Å². The third kappa shape index (κ3) is 6.90. The Labute approximate surface area is 203 Å². The van der Waals surface area contributed by atoms with Crippen molar-refractivity contribution >= 4 is 21.7 Å². The van der Waals surface area contributed by atoms with Gasteiger partial charge in [-0.25, -0.2) is 11.0 Å². The van der Waals surface area contributed by atoms with Gasteiger partial charge < -0.3 is 4.57 Å². The molecule has 1 heterocycles. The molecule has 0 aliphatic carbocycles. The molecule has 0 atom stereocenters. The SMILES string of the molecule is C=CC.CC.CNNN=NC/C(C)=C/Cn1c(-c2ccccc2)cc2c3ccccc3ccc21. The van der Waals surface area contributed by atoms with E-state index in [1.807, 2.05) is 20.8 Å². The van der Waals surface area contributed by atoms with Crippen LogP contribution in [0.15, 0.2) is 107 Å². The Morgan fingerprint density at radius 2 is 1.65 bits per heavy atom. The number of rotatable bonds is 7. The van der Waals surface area contributed by atoms with Crippen molar-refractivity contribution in [3.63, 3.8) is 0 Å². The molecule has 0 saturated heterocycles. The number of nitrogens with zero attached hydrogens (tertiary/aromatic N) is 3. The Kier molecular flexibility index (Phi) is 11.3. The molecule has 2 N–H and O–H groups in total. The summed E-state index contributed by atoms with van der Waals surface area (Å²) in [4.78, 5) is 0. The summed E-state index contributed by atoms with van der Waals surface area (Å²) in [6.45, 7) is 12.7. The van der Waals surface area contributed by atoms with Gasteiger partial charge in [-0.15, -0.1) is 6.58 Å². The number of fused-ring (bicyclic) bond motifs is 3. The fraction of sp³-hybridized carbons (Fsp3) is 0.241. The fourth-order valence-corrected chi connectivity index (χ4v) is 3.60. The largest absolute Gasteiger partial charge is 0.337 e. The van der Waals surface area contributed by atoms with E-state index in [4.69, 9.17) is 0 Å². The first-order valence-electron chi connectivity index (χ1n) is 11.8. The normalized spacial score (nSPS) is 11.0. The van der Waals surface area contributed by atoms with Crippen molar-refractivity contribution in [2.45, 2.75) is 34.2 Å². The number of hydrazine groups is 1. The Hall–Kier alpha value is -3.70. The first-order chi connectivity index (χ1) is 16.7. The standard InChI is InChI=1S/C24H25N5.C3H6.C2H6/c1-18(17-26-28-27-25-2)14-15-29-23-13-12-19-8-6-7-11-21(19)22(23)16-24(29)20-9-4-3-5-10-20;1-3-2;1-2/h3-14,16H,15,17H2,1-2H3,(H,25,28)(H,26,27);3H,1H2,2H3;1-2H3/b18-14+;;. The molecular formula is C29H37N5. The molecule has 0 fully saturated rings. The third-order valence-corrected chi connectivity index (χ3v) is 5.05. The lowest BCUT2D eigenvalue weighted by Gasteiger charge is -2.10. The van der Waals surface area contributed by atoms with Crippen LogP contribution in [0.4, 0.5) is 0 Å². The summed E-state index contributed by atoms with van der Waals surface area (Å²) >= 11 is 0. The lowest BCUT2D eigenvalue weighted by Crippen LogP contribution is -2.20. The van der Waals surface area contributed by atoms with Crippen molar-refractivity contribution in [1.82, 2.24) is 15.5 Å². The van der Waals surface area contributed by atoms with Gasteiger partial charge in [-0.1, -0.05) is 97.5 Å². The van der Waals surface area contributed by atoms with Crippen LogP contribution in [0.3, 0.4) is 0 Å². The lowest BCUT2D eigenvalue weighted by atomic mass is 10.1. The summed E-state index contributed by atoms with van der Waals surface area (Å²) in [5.41, 5.74) is 10.2. The maximum absolute atomic E-state index is 4.12. The van der Waals surface area contributed by atoms with Crippen LogP contribution in [-0.2, 0) is 6.54 Å². The Morgan fingerprint density at radius 1 is 0.971 bits per heavy atom. The smallest absolute Gasteiger partial charge is 0.0829 e. The van der Waals surface area contributed by atoms with Crippen molar-refractivity contribution in [2.24, 2.45) is 10.3 Å². The average molecular weight is 456 g/mol. The molecule has 3 aromatic carbocycles. The molecule has 5 heteroatoms. The number of benzene rings is 3. The highest BCUT2D eigenvalue weighted by Gasteiger charge is 2.12. The molecule has 0 bridgehead atoms. The molecule has 4 rings (SSSR count). The van der Waals surface area contributed by atoms with Crippen LogP contribution in [0.1, 0.15) is 27.7 Å². The molecule has 0 aliphatic rings. The molecule has 0 unspecified atom stereocenters. The van der Waals surface area contributed by atoms with Gasteiger partial charge in [0.2, 0.25) is 0 Å². The zero-order valence-corrected chi connectivity index (χ0v) is 21.0. The maximum atomic E-state index is 4.12. The molecule has 5 nitrogen and oxygen atoms in total. The van der Waals surface area contributed by atoms with Gasteiger partial charge in [-0.05, 0) is 42.3 Å². The first-order valence-corrected chi connectivity index (χ1v) is 11.8. The Morgan fingerprint density at radius 3 is 2.35 bits per heavy atom. The van der Waals surface area contributed by atoms with Gasteiger partial charge in [-0.2, -0.15) is 5.11 Å². The molecule has 0 aliphatic heterocycles. The van der Waals surface area contributed by atoms with Crippen LogP contribution in [0.5, 0.6) is 0 Å². The van der Waals surface area contributed by atoms with Crippen molar-refractivity contribution in [3.05, 3.63) is 97.1 Å². The fourth-order valence-electron chi connectivity index (χ4n) is 3.60. The highest BCUT2D eigenvalue weighted by Crippen LogP contribution is 2.33. The number of nitrogens with one attached hydrogen (secondary N) is 2. The van der Waals surface area contributed by atoms with Crippen molar-refractivity contribution < 1.29 is 0 Å². The summed E-state index contributed by atoms with van der Waals surface area (Å²) in [5.74, 6) is 0. The van der Waals surface area contributed by atoms with E-state index in [0.29, 0.717) is 6.54 Å². The summed E-state index contributed by atoms with van der Waals surface area (Å²) in [6, 6.07) is 25.9. The highest BCUT2D eigenvalue weighted by atomic mass is 15.6. The van der Waals surface area contributed by atoms with E-state index in [9.17, 15) is 0 Å². The molecule has 0 saturated carbocycles. The van der Waals surface area contributed by atoms with Crippen LogP contribution in [0.2, 0.25) is 0 Å². The molecule has 178 valence electrons. The minimum Gasteiger partial charge on any atom is -0.337 e. The van der Waals surface area contributed by atoms with Crippen LogP contribution in [-0.4, -0.2) is 18.2 Å². The van der Waals surface area contributed by atoms with Gasteiger partial charge in [0, 0.05) is 30.2 Å². The zero-order chi connectivity index (χ0) is 24.8. The van der Waals surface area contributed by atoms with Crippen molar-refractivity contribution in [1.29, 1.82) is 0 Å². The van der Waals surface area contributed by atoms with Crippen molar-refractivity contribution in [3.8, 4) is 11.3 Å². The second-order valence-electron chi connectivity index (χ2n) is 7.45. The summed E-state index contributed by atoms with van der Waals surface area (Å²) in [7, 11) is 1.76. The zero-order valence-electron chi connectivity index (χ0n) is 21.0. The molecule has 0 spiro atoms. The van der Waals surface area contributed by atoms with Gasteiger partial charge in [-0.3, -0.25) is 0 Å². The van der Waals surface area contributed by atoms with E-state index in [1.54, 1.807) is 13.1 Å².